The van der Waals surface area contributed by atoms with E-state index >= 15 is 0 Å². The number of anilines is 1. The highest BCUT2D eigenvalue weighted by Gasteiger charge is 2.29. The van der Waals surface area contributed by atoms with Gasteiger partial charge in [-0.3, -0.25) is 9.29 Å². The summed E-state index contributed by atoms with van der Waals surface area (Å²) in [5.74, 6) is 5.77. The fraction of sp³-hybridized carbons (Fsp3) is 0.250. The highest BCUT2D eigenvalue weighted by molar-refractivity contribution is 7.92. The molecule has 0 amide bonds. The second kappa shape index (κ2) is 10.2. The normalized spacial score (nSPS) is 10.8. The van der Waals surface area contributed by atoms with Crippen LogP contribution in [0.15, 0.2) is 53.6 Å². The Morgan fingerprint density at radius 3 is 2.52 bits per heavy atom. The van der Waals surface area contributed by atoms with Gasteiger partial charge in [0.25, 0.3) is 10.0 Å². The van der Waals surface area contributed by atoms with Crippen molar-refractivity contribution in [3.63, 3.8) is 0 Å². The number of para-hydroxylation sites is 1. The summed E-state index contributed by atoms with van der Waals surface area (Å²) < 4.78 is 44.0. The van der Waals surface area contributed by atoms with Crippen LogP contribution >= 0.6 is 0 Å². The van der Waals surface area contributed by atoms with Crippen LogP contribution in [0.1, 0.15) is 24.2 Å². The minimum absolute atomic E-state index is 0.0293. The van der Waals surface area contributed by atoms with Crippen LogP contribution < -0.4 is 13.8 Å². The molecule has 0 N–H and O–H groups in total. The van der Waals surface area contributed by atoms with Gasteiger partial charge in [-0.25, -0.2) is 13.2 Å². The topological polar surface area (TPSA) is 95.0 Å². The molecule has 2 aromatic carbocycles. The Morgan fingerprint density at radius 2 is 1.88 bits per heavy atom. The molecule has 8 nitrogen and oxygen atoms in total. The molecule has 1 heterocycles. The van der Waals surface area contributed by atoms with Gasteiger partial charge in [-0.05, 0) is 44.2 Å². The summed E-state index contributed by atoms with van der Waals surface area (Å²) >= 11 is 0. The smallest absolute Gasteiger partial charge is 0.341 e. The van der Waals surface area contributed by atoms with Gasteiger partial charge in [-0.2, -0.15) is 0 Å². The number of carbonyl (C=O) groups is 1. The molecule has 0 saturated carbocycles. The Bertz CT molecular complexity index is 1320. The largest absolute Gasteiger partial charge is 0.494 e. The molecule has 0 aliphatic rings. The zero-order valence-electron chi connectivity index (χ0n) is 18.8. The van der Waals surface area contributed by atoms with Crippen LogP contribution in [-0.2, 0) is 14.8 Å². The zero-order chi connectivity index (χ0) is 24.0. The van der Waals surface area contributed by atoms with Gasteiger partial charge in [0.1, 0.15) is 29.2 Å². The van der Waals surface area contributed by atoms with Crippen LogP contribution in [0.4, 0.5) is 5.69 Å². The number of esters is 1. The van der Waals surface area contributed by atoms with Gasteiger partial charge in [0.2, 0.25) is 0 Å². The average Bonchev–Trinajstić information content (AvgIpc) is 2.83. The summed E-state index contributed by atoms with van der Waals surface area (Å²) in [6.07, 6.45) is 1.30. The molecular weight excluding hydrogens is 444 g/mol. The summed E-state index contributed by atoms with van der Waals surface area (Å²) in [5, 5.41) is 0.434. The van der Waals surface area contributed by atoms with Gasteiger partial charge in [0.05, 0.1) is 24.3 Å². The monoisotopic (exact) mass is 468 g/mol. The minimum atomic E-state index is -4.04. The first-order valence-corrected chi connectivity index (χ1v) is 11.5. The van der Waals surface area contributed by atoms with Crippen molar-refractivity contribution < 1.29 is 27.4 Å². The fourth-order valence-electron chi connectivity index (χ4n) is 3.22. The average molecular weight is 469 g/mol. The van der Waals surface area contributed by atoms with Crippen LogP contribution in [0.5, 0.6) is 11.5 Å². The van der Waals surface area contributed by atoms with Crippen LogP contribution in [0.2, 0.25) is 0 Å². The Hall–Kier alpha value is -3.77. The lowest BCUT2D eigenvalue weighted by molar-refractivity contribution is 0.0527. The molecule has 0 saturated heterocycles. The van der Waals surface area contributed by atoms with Crippen molar-refractivity contribution in [1.29, 1.82) is 0 Å². The lowest BCUT2D eigenvalue weighted by Gasteiger charge is -2.23. The highest BCUT2D eigenvalue weighted by Crippen LogP contribution is 2.36. The van der Waals surface area contributed by atoms with Crippen LogP contribution in [0, 0.1) is 11.8 Å². The van der Waals surface area contributed by atoms with E-state index in [-0.39, 0.29) is 29.4 Å². The molecule has 0 unspecified atom stereocenters. The van der Waals surface area contributed by atoms with E-state index in [4.69, 9.17) is 14.2 Å². The summed E-state index contributed by atoms with van der Waals surface area (Å²) in [4.78, 5) is 17.0. The molecule has 0 aliphatic heterocycles. The second-order valence-electron chi connectivity index (χ2n) is 6.76. The molecular formula is C24H24N2O6S. The summed E-state index contributed by atoms with van der Waals surface area (Å²) in [5.41, 5.74) is 0.601. The van der Waals surface area contributed by atoms with Gasteiger partial charge >= 0.3 is 5.97 Å². The van der Waals surface area contributed by atoms with Crippen molar-refractivity contribution in [3.8, 4) is 23.3 Å². The van der Waals surface area contributed by atoms with Crippen LogP contribution in [0.25, 0.3) is 10.9 Å². The third-order valence-corrected chi connectivity index (χ3v) is 6.60. The lowest BCUT2D eigenvalue weighted by atomic mass is 10.1. The predicted octanol–water partition coefficient (Wildman–Crippen LogP) is 3.65. The molecule has 9 heteroatoms. The Kier molecular flexibility index (Phi) is 7.41. The number of benzene rings is 2. The quantitative estimate of drug-likeness (QED) is 0.368. The number of methoxy groups -OCH3 is 1. The van der Waals surface area contributed by atoms with E-state index in [9.17, 15) is 13.2 Å². The van der Waals surface area contributed by atoms with Crippen molar-refractivity contribution in [2.24, 2.45) is 0 Å². The molecule has 0 fully saturated rings. The predicted molar refractivity (Wildman–Crippen MR) is 125 cm³/mol. The molecule has 0 radical (unpaired) electrons. The molecule has 0 atom stereocenters. The third-order valence-electron chi connectivity index (χ3n) is 4.83. The molecule has 172 valence electrons. The summed E-state index contributed by atoms with van der Waals surface area (Å²) in [6.45, 7) is 3.72. The number of carbonyl (C=O) groups excluding carboxylic acids is 1. The first kappa shape index (κ1) is 23.9. The first-order chi connectivity index (χ1) is 15.8. The third kappa shape index (κ3) is 4.86. The highest BCUT2D eigenvalue weighted by atomic mass is 32.2. The minimum Gasteiger partial charge on any atom is -0.494 e. The van der Waals surface area contributed by atoms with Gasteiger partial charge in [-0.1, -0.05) is 18.1 Å². The number of rotatable bonds is 8. The maximum Gasteiger partial charge on any atom is 0.341 e. The molecule has 0 aliphatic carbocycles. The van der Waals surface area contributed by atoms with E-state index in [2.05, 4.69) is 16.8 Å². The molecule has 0 bridgehead atoms. The van der Waals surface area contributed by atoms with Crippen LogP contribution in [-0.4, -0.2) is 46.7 Å². The molecule has 33 heavy (non-hydrogen) atoms. The SMILES string of the molecule is CC#CCOc1ccc(S(=O)(=O)N(C)c2c(C(=O)OCC)cnc3c(OC)cccc23)cc1. The van der Waals surface area contributed by atoms with Gasteiger partial charge < -0.3 is 14.2 Å². The van der Waals surface area contributed by atoms with Gasteiger partial charge in [-0.15, -0.1) is 5.92 Å². The van der Waals surface area contributed by atoms with Crippen molar-refractivity contribution in [2.75, 3.05) is 31.7 Å². The lowest BCUT2D eigenvalue weighted by Crippen LogP contribution is -2.29. The maximum atomic E-state index is 13.5. The molecule has 0 spiro atoms. The number of hydrogen-bond donors (Lipinski definition) is 0. The number of hydrogen-bond acceptors (Lipinski definition) is 7. The van der Waals surface area contributed by atoms with E-state index in [1.54, 1.807) is 44.2 Å². The Balaban J connectivity index is 2.12. The number of fused-ring (bicyclic) bond motifs is 1. The van der Waals surface area contributed by atoms with E-state index in [1.807, 2.05) is 0 Å². The van der Waals surface area contributed by atoms with Crippen molar-refractivity contribution in [1.82, 2.24) is 4.98 Å². The molecule has 3 aromatic rings. The number of nitrogens with zero attached hydrogens (tertiary/aromatic N) is 2. The van der Waals surface area contributed by atoms with Crippen molar-refractivity contribution in [3.05, 3.63) is 54.2 Å². The van der Waals surface area contributed by atoms with Gasteiger partial charge in [0, 0.05) is 18.6 Å². The van der Waals surface area contributed by atoms with Gasteiger partial charge in [0.15, 0.2) is 0 Å². The Labute approximate surface area is 193 Å². The summed E-state index contributed by atoms with van der Waals surface area (Å²) in [7, 11) is -1.17. The van der Waals surface area contributed by atoms with E-state index in [0.29, 0.717) is 22.4 Å². The second-order valence-corrected chi connectivity index (χ2v) is 8.73. The van der Waals surface area contributed by atoms with E-state index < -0.39 is 16.0 Å². The van der Waals surface area contributed by atoms with Crippen molar-refractivity contribution in [2.45, 2.75) is 18.7 Å². The Morgan fingerprint density at radius 1 is 1.15 bits per heavy atom. The number of ether oxygens (including phenoxy) is 3. The number of sulfonamides is 1. The maximum absolute atomic E-state index is 13.5. The molecule has 1 aromatic heterocycles. The van der Waals surface area contributed by atoms with Crippen LogP contribution in [0.3, 0.4) is 0 Å². The number of pyridine rings is 1. The first-order valence-electron chi connectivity index (χ1n) is 10.1. The molecule has 3 rings (SSSR count). The van der Waals surface area contributed by atoms with E-state index in [1.165, 1.54) is 32.5 Å². The summed E-state index contributed by atoms with van der Waals surface area (Å²) in [6, 6.07) is 11.1. The number of aromatic nitrogens is 1. The van der Waals surface area contributed by atoms with Crippen molar-refractivity contribution >= 4 is 32.6 Å². The zero-order valence-corrected chi connectivity index (χ0v) is 19.6. The standard InChI is InChI=1S/C24H24N2O6S/c1-5-7-15-32-17-11-13-18(14-12-17)33(28,29)26(3)23-19-9-8-10-21(30-4)22(19)25-16-20(23)24(27)31-6-2/h8-14,16H,6,15H2,1-4H3. The fourth-order valence-corrected chi connectivity index (χ4v) is 4.46. The van der Waals surface area contributed by atoms with E-state index in [0.717, 1.165) is 4.31 Å².